The second kappa shape index (κ2) is 14.5. The molecule has 8 nitrogen and oxygen atoms in total. The molecule has 0 bridgehead atoms. The highest BCUT2D eigenvalue weighted by atomic mass is 32.2. The summed E-state index contributed by atoms with van der Waals surface area (Å²) in [5, 5.41) is 0. The SMILES string of the molecule is CCS[C@@H]1O[C@H](COC(c2ccccc2)(c2ccccc2)c2ccccc2)[C@H](OC(C)=O)[C@@H](OC(C)=O)[C@H]1OC(C)=O. The van der Waals surface area contributed by atoms with E-state index in [-0.39, 0.29) is 6.61 Å². The third-order valence-electron chi connectivity index (χ3n) is 6.83. The molecule has 0 N–H and O–H groups in total. The van der Waals surface area contributed by atoms with E-state index in [1.807, 2.05) is 97.9 Å². The predicted molar refractivity (Wildman–Crippen MR) is 159 cm³/mol. The highest BCUT2D eigenvalue weighted by Gasteiger charge is 2.52. The Morgan fingerprint density at radius 1 is 0.667 bits per heavy atom. The second-order valence-corrected chi connectivity index (χ2v) is 11.2. The minimum Gasteiger partial charge on any atom is -0.456 e. The Labute approximate surface area is 250 Å². The fourth-order valence-electron chi connectivity index (χ4n) is 5.26. The molecule has 0 radical (unpaired) electrons. The summed E-state index contributed by atoms with van der Waals surface area (Å²) < 4.78 is 30.4. The van der Waals surface area contributed by atoms with Crippen molar-refractivity contribution in [3.8, 4) is 0 Å². The van der Waals surface area contributed by atoms with Crippen LogP contribution in [-0.4, -0.2) is 60.1 Å². The van der Waals surface area contributed by atoms with Gasteiger partial charge in [-0.15, -0.1) is 11.8 Å². The number of ether oxygens (including phenoxy) is 5. The van der Waals surface area contributed by atoms with Crippen molar-refractivity contribution in [2.45, 2.75) is 63.1 Å². The quantitative estimate of drug-likeness (QED) is 0.168. The molecule has 4 rings (SSSR count). The molecule has 5 atom stereocenters. The van der Waals surface area contributed by atoms with Crippen molar-refractivity contribution in [2.24, 2.45) is 0 Å². The normalized spacial score (nSPS) is 22.1. The molecular formula is C33H36O8S. The van der Waals surface area contributed by atoms with Crippen LogP contribution in [0.4, 0.5) is 0 Å². The average molecular weight is 593 g/mol. The number of esters is 3. The lowest BCUT2D eigenvalue weighted by Gasteiger charge is -2.45. The first-order valence-corrected chi connectivity index (χ1v) is 14.9. The molecule has 222 valence electrons. The van der Waals surface area contributed by atoms with Gasteiger partial charge in [0.1, 0.15) is 17.1 Å². The summed E-state index contributed by atoms with van der Waals surface area (Å²) in [6, 6.07) is 29.5. The van der Waals surface area contributed by atoms with Crippen molar-refractivity contribution in [1.29, 1.82) is 0 Å². The Balaban J connectivity index is 1.81. The molecule has 0 amide bonds. The smallest absolute Gasteiger partial charge is 0.303 e. The number of rotatable bonds is 11. The molecule has 0 spiro atoms. The van der Waals surface area contributed by atoms with Crippen LogP contribution in [0.2, 0.25) is 0 Å². The van der Waals surface area contributed by atoms with Crippen LogP contribution in [0.25, 0.3) is 0 Å². The van der Waals surface area contributed by atoms with Crippen LogP contribution in [0.5, 0.6) is 0 Å². The third-order valence-corrected chi connectivity index (χ3v) is 7.87. The summed E-state index contributed by atoms with van der Waals surface area (Å²) in [6.07, 6.45) is -4.09. The molecule has 0 saturated carbocycles. The summed E-state index contributed by atoms with van der Waals surface area (Å²) in [5.41, 5.74) is 0.886. The van der Waals surface area contributed by atoms with Gasteiger partial charge in [0.25, 0.3) is 0 Å². The molecule has 1 aliphatic heterocycles. The monoisotopic (exact) mass is 592 g/mol. The molecule has 0 unspecified atom stereocenters. The van der Waals surface area contributed by atoms with Crippen molar-refractivity contribution < 1.29 is 38.1 Å². The maximum atomic E-state index is 12.3. The molecule has 1 heterocycles. The fraction of sp³-hybridized carbons (Fsp3) is 0.364. The highest BCUT2D eigenvalue weighted by molar-refractivity contribution is 7.99. The maximum Gasteiger partial charge on any atom is 0.303 e. The first kappa shape index (κ1) is 31.3. The minimum atomic E-state index is -1.11. The molecular weight excluding hydrogens is 556 g/mol. The number of hydrogen-bond donors (Lipinski definition) is 0. The van der Waals surface area contributed by atoms with Gasteiger partial charge in [-0.2, -0.15) is 0 Å². The molecule has 3 aromatic carbocycles. The van der Waals surface area contributed by atoms with Crippen LogP contribution in [0, 0.1) is 0 Å². The molecule has 3 aromatic rings. The van der Waals surface area contributed by atoms with E-state index >= 15 is 0 Å². The first-order valence-electron chi connectivity index (χ1n) is 13.9. The van der Waals surface area contributed by atoms with Gasteiger partial charge in [-0.1, -0.05) is 97.9 Å². The van der Waals surface area contributed by atoms with Crippen molar-refractivity contribution >= 4 is 29.7 Å². The van der Waals surface area contributed by atoms with E-state index < -0.39 is 53.4 Å². The maximum absolute atomic E-state index is 12.3. The van der Waals surface area contributed by atoms with Crippen LogP contribution in [0.15, 0.2) is 91.0 Å². The number of carbonyl (C=O) groups excluding carboxylic acids is 3. The van der Waals surface area contributed by atoms with Gasteiger partial charge in [-0.05, 0) is 22.4 Å². The summed E-state index contributed by atoms with van der Waals surface area (Å²) >= 11 is 1.39. The summed E-state index contributed by atoms with van der Waals surface area (Å²) in [7, 11) is 0. The van der Waals surface area contributed by atoms with Gasteiger partial charge in [-0.3, -0.25) is 14.4 Å². The Bertz CT molecular complexity index is 1220. The summed E-state index contributed by atoms with van der Waals surface area (Å²) in [4.78, 5) is 36.6. The van der Waals surface area contributed by atoms with Gasteiger partial charge in [0.05, 0.1) is 6.61 Å². The van der Waals surface area contributed by atoms with Gasteiger partial charge in [0.15, 0.2) is 18.3 Å². The zero-order valence-corrected chi connectivity index (χ0v) is 25.0. The van der Waals surface area contributed by atoms with E-state index in [1.165, 1.54) is 32.5 Å². The van der Waals surface area contributed by atoms with Crippen LogP contribution in [0.3, 0.4) is 0 Å². The van der Waals surface area contributed by atoms with E-state index in [1.54, 1.807) is 0 Å². The molecule has 0 aliphatic carbocycles. The molecule has 1 saturated heterocycles. The van der Waals surface area contributed by atoms with Crippen LogP contribution in [-0.2, 0) is 43.7 Å². The van der Waals surface area contributed by atoms with Gasteiger partial charge in [0, 0.05) is 20.8 Å². The fourth-order valence-corrected chi connectivity index (χ4v) is 6.21. The van der Waals surface area contributed by atoms with Gasteiger partial charge in [-0.25, -0.2) is 0 Å². The first-order chi connectivity index (χ1) is 20.3. The second-order valence-electron chi connectivity index (χ2n) is 9.81. The van der Waals surface area contributed by atoms with Crippen LogP contribution < -0.4 is 0 Å². The molecule has 1 aliphatic rings. The zero-order chi connectivity index (χ0) is 30.1. The van der Waals surface area contributed by atoms with E-state index in [4.69, 9.17) is 23.7 Å². The van der Waals surface area contributed by atoms with Crippen molar-refractivity contribution in [3.63, 3.8) is 0 Å². The Morgan fingerprint density at radius 2 is 1.07 bits per heavy atom. The van der Waals surface area contributed by atoms with Gasteiger partial charge >= 0.3 is 17.9 Å². The van der Waals surface area contributed by atoms with Gasteiger partial charge < -0.3 is 23.7 Å². The van der Waals surface area contributed by atoms with Crippen LogP contribution in [0.1, 0.15) is 44.4 Å². The van der Waals surface area contributed by atoms with E-state index in [2.05, 4.69) is 0 Å². The largest absolute Gasteiger partial charge is 0.456 e. The van der Waals surface area contributed by atoms with E-state index in [0.717, 1.165) is 16.7 Å². The number of thioether (sulfide) groups is 1. The lowest BCUT2D eigenvalue weighted by Crippen LogP contribution is -2.61. The summed E-state index contributed by atoms with van der Waals surface area (Å²) in [5.74, 6) is -1.16. The molecule has 0 aromatic heterocycles. The number of hydrogen-bond acceptors (Lipinski definition) is 9. The van der Waals surface area contributed by atoms with Crippen molar-refractivity contribution in [2.75, 3.05) is 12.4 Å². The number of carbonyl (C=O) groups is 3. The van der Waals surface area contributed by atoms with E-state index in [9.17, 15) is 14.4 Å². The Hall–Kier alpha value is -3.66. The van der Waals surface area contributed by atoms with E-state index in [0.29, 0.717) is 5.75 Å². The van der Waals surface area contributed by atoms with Crippen LogP contribution >= 0.6 is 11.8 Å². The Morgan fingerprint density at radius 3 is 1.48 bits per heavy atom. The van der Waals surface area contributed by atoms with Gasteiger partial charge in [0.2, 0.25) is 0 Å². The summed E-state index contributed by atoms with van der Waals surface area (Å²) in [6.45, 7) is 5.67. The van der Waals surface area contributed by atoms with Crippen molar-refractivity contribution in [1.82, 2.24) is 0 Å². The standard InChI is InChI=1S/C33H36O8S/c1-5-42-32-31(40-24(4)36)30(39-23(3)35)29(38-22(2)34)28(41-32)21-37-33(25-15-9-6-10-16-25,26-17-11-7-12-18-26)27-19-13-8-14-20-27/h6-20,28-32H,5,21H2,1-4H3/t28-,29+,30-,31-,32+/m1/s1. The molecule has 42 heavy (non-hydrogen) atoms. The predicted octanol–water partition coefficient (Wildman–Crippen LogP) is 5.27. The van der Waals surface area contributed by atoms with Crippen molar-refractivity contribution in [3.05, 3.63) is 108 Å². The average Bonchev–Trinajstić information content (AvgIpc) is 2.98. The molecule has 9 heteroatoms. The third kappa shape index (κ3) is 7.21. The lowest BCUT2D eigenvalue weighted by molar-refractivity contribution is -0.241. The minimum absolute atomic E-state index is 0.0536. The highest BCUT2D eigenvalue weighted by Crippen LogP contribution is 2.42. The lowest BCUT2D eigenvalue weighted by atomic mass is 9.80. The Kier molecular flexibility index (Phi) is 10.8. The topological polar surface area (TPSA) is 97.4 Å². The number of benzene rings is 3. The molecule has 1 fully saturated rings. The zero-order valence-electron chi connectivity index (χ0n) is 24.1.